The number of carbonyl (C=O) groups is 1. The minimum absolute atomic E-state index is 0.0490. The van der Waals surface area contributed by atoms with Crippen LogP contribution in [0.15, 0.2) is 29.2 Å². The van der Waals surface area contributed by atoms with Crippen LogP contribution in [-0.2, 0) is 14.8 Å². The van der Waals surface area contributed by atoms with Crippen molar-refractivity contribution in [1.82, 2.24) is 10.0 Å². The van der Waals surface area contributed by atoms with Crippen molar-refractivity contribution in [3.63, 3.8) is 0 Å². The van der Waals surface area contributed by atoms with Crippen molar-refractivity contribution in [1.29, 1.82) is 0 Å². The maximum absolute atomic E-state index is 12.0. The second kappa shape index (κ2) is 7.37. The summed E-state index contributed by atoms with van der Waals surface area (Å²) >= 11 is 0. The molecule has 1 atom stereocenters. The van der Waals surface area contributed by atoms with E-state index in [4.69, 9.17) is 0 Å². The average Bonchev–Trinajstić information content (AvgIpc) is 2.45. The number of nitrogens with one attached hydrogen (secondary N) is 3. The van der Waals surface area contributed by atoms with Gasteiger partial charge in [-0.3, -0.25) is 4.79 Å². The molecule has 0 spiro atoms. The van der Waals surface area contributed by atoms with Gasteiger partial charge in [0.15, 0.2) is 0 Å². The lowest BCUT2D eigenvalue weighted by Crippen LogP contribution is -2.37. The highest BCUT2D eigenvalue weighted by Gasteiger charge is 2.14. The summed E-state index contributed by atoms with van der Waals surface area (Å²) in [6.07, 6.45) is 0.378. The zero-order valence-electron chi connectivity index (χ0n) is 11.9. The van der Waals surface area contributed by atoms with Crippen molar-refractivity contribution >= 4 is 21.6 Å². The van der Waals surface area contributed by atoms with Crippen LogP contribution in [0.3, 0.4) is 0 Å². The van der Waals surface area contributed by atoms with Gasteiger partial charge in [-0.25, -0.2) is 13.1 Å². The van der Waals surface area contributed by atoms with Crippen LogP contribution in [0.1, 0.15) is 20.3 Å². The lowest BCUT2D eigenvalue weighted by atomic mass is 10.3. The molecule has 0 saturated heterocycles. The van der Waals surface area contributed by atoms with Crippen molar-refractivity contribution in [3.8, 4) is 0 Å². The molecular weight excluding hydrogens is 278 g/mol. The molecule has 7 heteroatoms. The molecule has 0 aromatic heterocycles. The first-order valence-electron chi connectivity index (χ1n) is 6.46. The number of sulfonamides is 1. The zero-order valence-corrected chi connectivity index (χ0v) is 12.8. The number of anilines is 1. The van der Waals surface area contributed by atoms with Crippen LogP contribution in [0.2, 0.25) is 0 Å². The summed E-state index contributed by atoms with van der Waals surface area (Å²) in [7, 11) is -1.75. The van der Waals surface area contributed by atoms with E-state index >= 15 is 0 Å². The summed E-state index contributed by atoms with van der Waals surface area (Å²) < 4.78 is 26.6. The Bertz CT molecular complexity index is 540. The molecule has 1 rings (SSSR count). The first-order chi connectivity index (χ1) is 9.39. The molecule has 20 heavy (non-hydrogen) atoms. The number of carbonyl (C=O) groups excluding carboxylic acids is 1. The predicted molar refractivity (Wildman–Crippen MR) is 79.1 cm³/mol. The lowest BCUT2D eigenvalue weighted by Gasteiger charge is -2.12. The van der Waals surface area contributed by atoms with Gasteiger partial charge in [0, 0.05) is 24.7 Å². The van der Waals surface area contributed by atoms with Gasteiger partial charge in [-0.15, -0.1) is 0 Å². The number of rotatable bonds is 7. The standard InChI is InChI=1S/C13H21N3O3S/c1-4-13(17)16-11-5-7-12(8-6-11)20(18,19)15-9-10(2)14-3/h5-8,10,14-15H,4,9H2,1-3H3,(H,16,17). The summed E-state index contributed by atoms with van der Waals surface area (Å²) in [5, 5.41) is 5.62. The second-order valence-electron chi connectivity index (χ2n) is 4.47. The van der Waals surface area contributed by atoms with Gasteiger partial charge in [0.2, 0.25) is 15.9 Å². The Balaban J connectivity index is 2.74. The number of hydrogen-bond donors (Lipinski definition) is 3. The summed E-state index contributed by atoms with van der Waals surface area (Å²) in [4.78, 5) is 11.4. The van der Waals surface area contributed by atoms with Gasteiger partial charge in [0.25, 0.3) is 0 Å². The third kappa shape index (κ3) is 4.92. The van der Waals surface area contributed by atoms with E-state index in [1.807, 2.05) is 6.92 Å². The first kappa shape index (κ1) is 16.6. The molecule has 3 N–H and O–H groups in total. The van der Waals surface area contributed by atoms with E-state index in [1.54, 1.807) is 26.1 Å². The van der Waals surface area contributed by atoms with Crippen LogP contribution in [0.4, 0.5) is 5.69 Å². The fourth-order valence-electron chi connectivity index (χ4n) is 1.39. The van der Waals surface area contributed by atoms with Crippen LogP contribution in [-0.4, -0.2) is 34.0 Å². The molecule has 0 aliphatic heterocycles. The molecular formula is C13H21N3O3S. The maximum Gasteiger partial charge on any atom is 0.240 e. The van der Waals surface area contributed by atoms with E-state index in [-0.39, 0.29) is 16.8 Å². The Morgan fingerprint density at radius 3 is 2.35 bits per heavy atom. The van der Waals surface area contributed by atoms with Crippen molar-refractivity contribution in [2.45, 2.75) is 31.2 Å². The summed E-state index contributed by atoms with van der Waals surface area (Å²) in [6.45, 7) is 3.94. The maximum atomic E-state index is 12.0. The van der Waals surface area contributed by atoms with Gasteiger partial charge in [-0.05, 0) is 38.2 Å². The highest BCUT2D eigenvalue weighted by molar-refractivity contribution is 7.89. The van der Waals surface area contributed by atoms with E-state index in [2.05, 4.69) is 15.4 Å². The van der Waals surface area contributed by atoms with Crippen molar-refractivity contribution in [3.05, 3.63) is 24.3 Å². The molecule has 0 saturated carbocycles. The van der Waals surface area contributed by atoms with Crippen molar-refractivity contribution < 1.29 is 13.2 Å². The molecule has 1 unspecified atom stereocenters. The molecule has 0 aliphatic rings. The third-order valence-corrected chi connectivity index (χ3v) is 4.28. The van der Waals surface area contributed by atoms with E-state index in [9.17, 15) is 13.2 Å². The highest BCUT2D eigenvalue weighted by Crippen LogP contribution is 2.14. The fourth-order valence-corrected chi connectivity index (χ4v) is 2.52. The van der Waals surface area contributed by atoms with Crippen LogP contribution >= 0.6 is 0 Å². The number of hydrogen-bond acceptors (Lipinski definition) is 4. The molecule has 112 valence electrons. The molecule has 0 bridgehead atoms. The van der Waals surface area contributed by atoms with Crippen molar-refractivity contribution in [2.75, 3.05) is 18.9 Å². The monoisotopic (exact) mass is 299 g/mol. The molecule has 0 heterocycles. The van der Waals surface area contributed by atoms with Gasteiger partial charge < -0.3 is 10.6 Å². The Morgan fingerprint density at radius 2 is 1.85 bits per heavy atom. The minimum atomic E-state index is -3.52. The molecule has 0 fully saturated rings. The predicted octanol–water partition coefficient (Wildman–Crippen LogP) is 0.921. The van der Waals surface area contributed by atoms with Gasteiger partial charge in [-0.1, -0.05) is 6.92 Å². The minimum Gasteiger partial charge on any atom is -0.326 e. The third-order valence-electron chi connectivity index (χ3n) is 2.84. The molecule has 6 nitrogen and oxygen atoms in total. The number of amides is 1. The summed E-state index contributed by atoms with van der Waals surface area (Å²) in [5.74, 6) is -0.110. The summed E-state index contributed by atoms with van der Waals surface area (Å²) in [5.41, 5.74) is 0.583. The quantitative estimate of drug-likeness (QED) is 0.699. The molecule has 1 amide bonds. The van der Waals surface area contributed by atoms with E-state index < -0.39 is 10.0 Å². The second-order valence-corrected chi connectivity index (χ2v) is 6.23. The topological polar surface area (TPSA) is 87.3 Å². The van der Waals surface area contributed by atoms with Gasteiger partial charge in [0.05, 0.1) is 4.90 Å². The Hall–Kier alpha value is -1.44. The molecule has 0 aliphatic carbocycles. The molecule has 1 aromatic carbocycles. The Morgan fingerprint density at radius 1 is 1.25 bits per heavy atom. The van der Waals surface area contributed by atoms with Gasteiger partial charge in [-0.2, -0.15) is 0 Å². The van der Waals surface area contributed by atoms with Crippen LogP contribution in [0.25, 0.3) is 0 Å². The van der Waals surface area contributed by atoms with Crippen LogP contribution in [0.5, 0.6) is 0 Å². The van der Waals surface area contributed by atoms with Crippen molar-refractivity contribution in [2.24, 2.45) is 0 Å². The summed E-state index contributed by atoms with van der Waals surface area (Å²) in [6, 6.07) is 6.13. The molecule has 0 radical (unpaired) electrons. The Kier molecular flexibility index (Phi) is 6.12. The lowest BCUT2D eigenvalue weighted by molar-refractivity contribution is -0.115. The van der Waals surface area contributed by atoms with E-state index in [0.29, 0.717) is 18.7 Å². The van der Waals surface area contributed by atoms with Crippen LogP contribution < -0.4 is 15.4 Å². The number of benzene rings is 1. The van der Waals surface area contributed by atoms with Crippen LogP contribution in [0, 0.1) is 0 Å². The highest BCUT2D eigenvalue weighted by atomic mass is 32.2. The fraction of sp³-hybridized carbons (Fsp3) is 0.462. The van der Waals surface area contributed by atoms with Gasteiger partial charge >= 0.3 is 0 Å². The number of likely N-dealkylation sites (N-methyl/N-ethyl adjacent to an activating group) is 1. The average molecular weight is 299 g/mol. The van der Waals surface area contributed by atoms with E-state index in [0.717, 1.165) is 0 Å². The van der Waals surface area contributed by atoms with E-state index in [1.165, 1.54) is 12.1 Å². The SMILES string of the molecule is CCC(=O)Nc1ccc(S(=O)(=O)NCC(C)NC)cc1. The molecule has 1 aromatic rings. The van der Waals surface area contributed by atoms with Gasteiger partial charge in [0.1, 0.15) is 0 Å². The largest absolute Gasteiger partial charge is 0.326 e. The first-order valence-corrected chi connectivity index (χ1v) is 7.94. The smallest absolute Gasteiger partial charge is 0.240 e. The zero-order chi connectivity index (χ0) is 15.2. The normalized spacial score (nSPS) is 12.9. The Labute approximate surface area is 120 Å².